The molecule has 2 heterocycles. The Morgan fingerprint density at radius 3 is 1.61 bits per heavy atom. The maximum absolute atomic E-state index is 13.1. The molecule has 0 unspecified atom stereocenters. The maximum Gasteiger partial charge on any atom is 0.338 e. The van der Waals surface area contributed by atoms with Crippen LogP contribution in [0.3, 0.4) is 0 Å². The first-order valence-electron chi connectivity index (χ1n) is 9.36. The zero-order chi connectivity index (χ0) is 23.8. The minimum atomic E-state index is -1.21. The molecule has 2 aromatic heterocycles. The van der Waals surface area contributed by atoms with Gasteiger partial charge in [0.25, 0.3) is 0 Å². The van der Waals surface area contributed by atoms with Gasteiger partial charge in [-0.1, -0.05) is 0 Å². The lowest BCUT2D eigenvalue weighted by atomic mass is 10.1. The smallest absolute Gasteiger partial charge is 0.338 e. The predicted molar refractivity (Wildman–Crippen MR) is 113 cm³/mol. The molecule has 0 amide bonds. The van der Waals surface area contributed by atoms with Crippen molar-refractivity contribution in [2.45, 2.75) is 0 Å². The van der Waals surface area contributed by atoms with Gasteiger partial charge in [-0.3, -0.25) is 0 Å². The molecule has 4 aromatic rings. The summed E-state index contributed by atoms with van der Waals surface area (Å²) in [7, 11) is 1.24. The maximum atomic E-state index is 13.1. The molecule has 0 spiro atoms. The lowest BCUT2D eigenvalue weighted by Gasteiger charge is -2.06. The van der Waals surface area contributed by atoms with Crippen LogP contribution in [0, 0.1) is 11.6 Å². The third kappa shape index (κ3) is 5.76. The normalized spacial score (nSPS) is 10.0. The Morgan fingerprint density at radius 1 is 0.758 bits per heavy atom. The summed E-state index contributed by atoms with van der Waals surface area (Å²) in [4.78, 5) is 38.3. The molecule has 8 nitrogen and oxygen atoms in total. The highest BCUT2D eigenvalue weighted by molar-refractivity contribution is 5.96. The number of halogens is 2. The van der Waals surface area contributed by atoms with E-state index in [0.717, 1.165) is 12.1 Å². The van der Waals surface area contributed by atoms with Crippen molar-refractivity contribution >= 4 is 11.9 Å². The van der Waals surface area contributed by atoms with Gasteiger partial charge in [0.1, 0.15) is 11.6 Å². The molecular formula is C23H16F2N4O4. The molecule has 0 bridgehead atoms. The molecule has 0 saturated carbocycles. The second kappa shape index (κ2) is 10.6. The van der Waals surface area contributed by atoms with Crippen LogP contribution in [-0.2, 0) is 4.74 Å². The molecular weight excluding hydrogens is 434 g/mol. The number of carbonyl (C=O) groups is 2. The number of carboxylic acid groups (broad SMARTS) is 1. The number of benzene rings is 2. The average Bonchev–Trinajstić information content (AvgIpc) is 2.85. The van der Waals surface area contributed by atoms with Gasteiger partial charge >= 0.3 is 11.9 Å². The van der Waals surface area contributed by atoms with Crippen LogP contribution in [0.2, 0.25) is 0 Å². The minimum absolute atomic E-state index is 0.110. The summed E-state index contributed by atoms with van der Waals surface area (Å²) in [6, 6.07) is 10.6. The van der Waals surface area contributed by atoms with Crippen molar-refractivity contribution in [3.8, 4) is 22.8 Å². The van der Waals surface area contributed by atoms with Crippen molar-refractivity contribution in [3.05, 3.63) is 96.1 Å². The van der Waals surface area contributed by atoms with Crippen molar-refractivity contribution < 1.29 is 28.2 Å². The highest BCUT2D eigenvalue weighted by Crippen LogP contribution is 2.22. The summed E-state index contributed by atoms with van der Waals surface area (Å²) in [5, 5.41) is 8.93. The van der Waals surface area contributed by atoms with E-state index in [1.165, 1.54) is 43.8 Å². The third-order valence-corrected chi connectivity index (χ3v) is 4.21. The lowest BCUT2D eigenvalue weighted by Crippen LogP contribution is -2.05. The molecule has 1 N–H and O–H groups in total. The number of hydrogen-bond donors (Lipinski definition) is 1. The molecule has 166 valence electrons. The van der Waals surface area contributed by atoms with E-state index in [2.05, 4.69) is 24.7 Å². The average molecular weight is 450 g/mol. The minimum Gasteiger partial charge on any atom is -0.478 e. The van der Waals surface area contributed by atoms with E-state index >= 15 is 0 Å². The van der Waals surface area contributed by atoms with Crippen molar-refractivity contribution in [2.75, 3.05) is 7.11 Å². The molecule has 2 aromatic carbocycles. The first-order valence-corrected chi connectivity index (χ1v) is 9.36. The third-order valence-electron chi connectivity index (χ3n) is 4.21. The van der Waals surface area contributed by atoms with E-state index in [9.17, 15) is 18.4 Å². The number of aromatic carboxylic acids is 1. The lowest BCUT2D eigenvalue weighted by molar-refractivity contribution is 0.0600. The van der Waals surface area contributed by atoms with Crippen molar-refractivity contribution in [1.29, 1.82) is 0 Å². The number of carbonyl (C=O) groups excluding carboxylic acids is 1. The second-order valence-electron chi connectivity index (χ2n) is 6.32. The fourth-order valence-electron chi connectivity index (χ4n) is 2.76. The SMILES string of the molecule is COC(=O)c1cc(F)ccc1-c1ncccn1.O=C(O)c1cc(F)ccc1-c1ncccn1. The van der Waals surface area contributed by atoms with E-state index < -0.39 is 23.6 Å². The first kappa shape index (κ1) is 23.1. The molecule has 0 aliphatic carbocycles. The Kier molecular flexibility index (Phi) is 7.43. The molecule has 33 heavy (non-hydrogen) atoms. The Bertz CT molecular complexity index is 1270. The fraction of sp³-hybridized carbons (Fsp3) is 0.0435. The number of nitrogens with zero attached hydrogens (tertiary/aromatic N) is 4. The number of esters is 1. The van der Waals surface area contributed by atoms with Crippen molar-refractivity contribution in [3.63, 3.8) is 0 Å². The molecule has 0 saturated heterocycles. The topological polar surface area (TPSA) is 115 Å². The number of methoxy groups -OCH3 is 1. The van der Waals surface area contributed by atoms with Crippen LogP contribution in [0.25, 0.3) is 22.8 Å². The zero-order valence-electron chi connectivity index (χ0n) is 17.1. The summed E-state index contributed by atoms with van der Waals surface area (Å²) in [5.74, 6) is -2.32. The van der Waals surface area contributed by atoms with Gasteiger partial charge in [0, 0.05) is 35.9 Å². The van der Waals surface area contributed by atoms with Crippen LogP contribution in [-0.4, -0.2) is 44.1 Å². The van der Waals surface area contributed by atoms with Crippen LogP contribution < -0.4 is 0 Å². The Labute approximate surface area is 186 Å². The van der Waals surface area contributed by atoms with Gasteiger partial charge in [-0.15, -0.1) is 0 Å². The van der Waals surface area contributed by atoms with Gasteiger partial charge in [-0.2, -0.15) is 0 Å². The van der Waals surface area contributed by atoms with Gasteiger partial charge in [-0.25, -0.2) is 38.3 Å². The highest BCUT2D eigenvalue weighted by Gasteiger charge is 2.16. The van der Waals surface area contributed by atoms with E-state index in [-0.39, 0.29) is 17.0 Å². The van der Waals surface area contributed by atoms with Crippen LogP contribution in [0.5, 0.6) is 0 Å². The summed E-state index contributed by atoms with van der Waals surface area (Å²) in [6.45, 7) is 0. The highest BCUT2D eigenvalue weighted by atomic mass is 19.1. The first-order chi connectivity index (χ1) is 15.9. The molecule has 10 heteroatoms. The largest absolute Gasteiger partial charge is 0.478 e. The number of hydrogen-bond acceptors (Lipinski definition) is 7. The predicted octanol–water partition coefficient (Wildman–Crippen LogP) is 4.05. The fourth-order valence-corrected chi connectivity index (χ4v) is 2.76. The standard InChI is InChI=1S/C12H9FN2O2.C11H7FN2O2/c1-17-12(16)10-7-8(13)3-4-9(10)11-14-5-2-6-15-11;12-7-2-3-8(9(6-7)11(15)16)10-13-4-1-5-14-10/h2-7H,1H3;1-6H,(H,15,16). The molecule has 0 aliphatic heterocycles. The van der Waals surface area contributed by atoms with Crippen LogP contribution >= 0.6 is 0 Å². The zero-order valence-corrected chi connectivity index (χ0v) is 17.1. The number of carboxylic acids is 1. The van der Waals surface area contributed by atoms with Gasteiger partial charge in [0.15, 0.2) is 11.6 Å². The summed E-state index contributed by atoms with van der Waals surface area (Å²) in [5.41, 5.74) is 0.707. The van der Waals surface area contributed by atoms with Crippen molar-refractivity contribution in [1.82, 2.24) is 19.9 Å². The van der Waals surface area contributed by atoms with Crippen molar-refractivity contribution in [2.24, 2.45) is 0 Å². The molecule has 0 atom stereocenters. The Hall–Kier alpha value is -4.60. The van der Waals surface area contributed by atoms with Crippen LogP contribution in [0.4, 0.5) is 8.78 Å². The van der Waals surface area contributed by atoms with E-state index in [1.807, 2.05) is 0 Å². The Morgan fingerprint density at radius 2 is 1.18 bits per heavy atom. The summed E-state index contributed by atoms with van der Waals surface area (Å²) < 4.78 is 30.6. The molecule has 0 fully saturated rings. The summed E-state index contributed by atoms with van der Waals surface area (Å²) >= 11 is 0. The van der Waals surface area contributed by atoms with Gasteiger partial charge in [0.05, 0.1) is 18.2 Å². The molecule has 0 aliphatic rings. The number of ether oxygens (including phenoxy) is 1. The van der Waals surface area contributed by atoms with Gasteiger partial charge < -0.3 is 9.84 Å². The van der Waals surface area contributed by atoms with Gasteiger partial charge in [0.2, 0.25) is 0 Å². The summed E-state index contributed by atoms with van der Waals surface area (Å²) in [6.07, 6.45) is 6.09. The van der Waals surface area contributed by atoms with E-state index in [4.69, 9.17) is 5.11 Å². The second-order valence-corrected chi connectivity index (χ2v) is 6.32. The van der Waals surface area contributed by atoms with Crippen LogP contribution in [0.1, 0.15) is 20.7 Å². The van der Waals surface area contributed by atoms with Crippen LogP contribution in [0.15, 0.2) is 73.3 Å². The van der Waals surface area contributed by atoms with E-state index in [1.54, 1.807) is 24.5 Å². The molecule has 0 radical (unpaired) electrons. The molecule has 4 rings (SSSR count). The number of rotatable bonds is 4. The van der Waals surface area contributed by atoms with E-state index in [0.29, 0.717) is 17.0 Å². The quantitative estimate of drug-likeness (QED) is 0.463. The van der Waals surface area contributed by atoms with Gasteiger partial charge in [-0.05, 0) is 48.5 Å². The monoisotopic (exact) mass is 450 g/mol. The Balaban J connectivity index is 0.000000186. The number of aromatic nitrogens is 4.